The van der Waals surface area contributed by atoms with E-state index in [-0.39, 0.29) is 24.9 Å². The Bertz CT molecular complexity index is 508. The third-order valence-electron chi connectivity index (χ3n) is 2.83. The second-order valence-electron chi connectivity index (χ2n) is 4.26. The Kier molecular flexibility index (Phi) is 4.11. The number of nitriles is 1. The maximum absolute atomic E-state index is 11.9. The van der Waals surface area contributed by atoms with E-state index < -0.39 is 6.04 Å². The summed E-state index contributed by atoms with van der Waals surface area (Å²) in [6, 6.07) is 8.76. The van der Waals surface area contributed by atoms with Crippen LogP contribution < -0.4 is 16.0 Å². The highest BCUT2D eigenvalue weighted by Gasteiger charge is 2.23. The van der Waals surface area contributed by atoms with E-state index in [1.54, 1.807) is 24.3 Å². The monoisotopic (exact) mass is 258 g/mol. The molecule has 0 spiro atoms. The Morgan fingerprint density at radius 2 is 2.16 bits per heavy atom. The number of anilines is 1. The van der Waals surface area contributed by atoms with Crippen LogP contribution in [-0.4, -0.2) is 30.9 Å². The number of benzene rings is 1. The summed E-state index contributed by atoms with van der Waals surface area (Å²) in [4.78, 5) is 22.9. The molecule has 1 atom stereocenters. The molecule has 19 heavy (non-hydrogen) atoms. The summed E-state index contributed by atoms with van der Waals surface area (Å²) in [7, 11) is 0. The van der Waals surface area contributed by atoms with E-state index in [1.807, 2.05) is 0 Å². The van der Waals surface area contributed by atoms with Gasteiger partial charge in [0.1, 0.15) is 6.04 Å². The lowest BCUT2D eigenvalue weighted by Crippen LogP contribution is -2.56. The van der Waals surface area contributed by atoms with Crippen molar-refractivity contribution >= 4 is 17.5 Å². The van der Waals surface area contributed by atoms with E-state index in [9.17, 15) is 9.59 Å². The van der Waals surface area contributed by atoms with Gasteiger partial charge in [0.15, 0.2) is 0 Å². The molecule has 2 amide bonds. The van der Waals surface area contributed by atoms with Crippen molar-refractivity contribution in [3.63, 3.8) is 0 Å². The molecule has 3 N–H and O–H groups in total. The molecule has 1 aromatic carbocycles. The van der Waals surface area contributed by atoms with Crippen LogP contribution in [0.25, 0.3) is 0 Å². The van der Waals surface area contributed by atoms with E-state index in [1.165, 1.54) is 0 Å². The van der Waals surface area contributed by atoms with Crippen LogP contribution in [0.15, 0.2) is 24.3 Å². The average molecular weight is 258 g/mol. The van der Waals surface area contributed by atoms with Crippen LogP contribution in [0.4, 0.5) is 5.69 Å². The van der Waals surface area contributed by atoms with Crippen LogP contribution in [-0.2, 0) is 16.0 Å². The van der Waals surface area contributed by atoms with Crippen LogP contribution in [0.2, 0.25) is 0 Å². The molecule has 1 unspecified atom stereocenters. The van der Waals surface area contributed by atoms with Crippen LogP contribution in [0.3, 0.4) is 0 Å². The third kappa shape index (κ3) is 3.53. The number of nitrogens with zero attached hydrogens (tertiary/aromatic N) is 1. The fourth-order valence-corrected chi connectivity index (χ4v) is 1.78. The molecule has 6 nitrogen and oxygen atoms in total. The standard InChI is InChI=1S/C13H14N4O2/c14-6-5-9-1-3-10(4-2-9)17-13(19)11-7-16-12(18)8-15-11/h1-4,11,15H,5,7-8H2,(H,16,18)(H,17,19). The summed E-state index contributed by atoms with van der Waals surface area (Å²) in [6.07, 6.45) is 0.352. The second kappa shape index (κ2) is 5.98. The predicted molar refractivity (Wildman–Crippen MR) is 69.2 cm³/mol. The van der Waals surface area contributed by atoms with Gasteiger partial charge in [0.25, 0.3) is 0 Å². The molecule has 6 heteroatoms. The lowest BCUT2D eigenvalue weighted by Gasteiger charge is -2.23. The van der Waals surface area contributed by atoms with Gasteiger partial charge in [0.05, 0.1) is 19.0 Å². The van der Waals surface area contributed by atoms with Crippen molar-refractivity contribution in [3.8, 4) is 6.07 Å². The topological polar surface area (TPSA) is 94.0 Å². The molecule has 0 aliphatic carbocycles. The van der Waals surface area contributed by atoms with E-state index in [2.05, 4.69) is 22.0 Å². The zero-order valence-electron chi connectivity index (χ0n) is 10.3. The van der Waals surface area contributed by atoms with Gasteiger partial charge in [0.2, 0.25) is 11.8 Å². The minimum absolute atomic E-state index is 0.107. The van der Waals surface area contributed by atoms with Gasteiger partial charge in [-0.25, -0.2) is 0 Å². The Morgan fingerprint density at radius 1 is 1.42 bits per heavy atom. The summed E-state index contributed by atoms with van der Waals surface area (Å²) in [5.41, 5.74) is 1.58. The number of rotatable bonds is 3. The van der Waals surface area contributed by atoms with Crippen LogP contribution >= 0.6 is 0 Å². The number of hydrogen-bond acceptors (Lipinski definition) is 4. The van der Waals surface area contributed by atoms with Gasteiger partial charge in [-0.2, -0.15) is 5.26 Å². The highest BCUT2D eigenvalue weighted by molar-refractivity contribution is 5.96. The molecule has 1 saturated heterocycles. The van der Waals surface area contributed by atoms with Crippen molar-refractivity contribution in [1.82, 2.24) is 10.6 Å². The smallest absolute Gasteiger partial charge is 0.243 e. The largest absolute Gasteiger partial charge is 0.353 e. The Labute approximate surface area is 110 Å². The molecule has 1 aliphatic rings. The Morgan fingerprint density at radius 3 is 2.74 bits per heavy atom. The molecule has 98 valence electrons. The fourth-order valence-electron chi connectivity index (χ4n) is 1.78. The lowest BCUT2D eigenvalue weighted by molar-refractivity contribution is -0.124. The second-order valence-corrected chi connectivity index (χ2v) is 4.26. The Balaban J connectivity index is 1.91. The van der Waals surface area contributed by atoms with Gasteiger partial charge in [-0.15, -0.1) is 0 Å². The van der Waals surface area contributed by atoms with Crippen molar-refractivity contribution in [2.24, 2.45) is 0 Å². The molecule has 0 bridgehead atoms. The lowest BCUT2D eigenvalue weighted by atomic mass is 10.1. The van der Waals surface area contributed by atoms with Gasteiger partial charge in [-0.1, -0.05) is 12.1 Å². The zero-order valence-corrected chi connectivity index (χ0v) is 10.3. The average Bonchev–Trinajstić information content (AvgIpc) is 2.42. The first-order valence-corrected chi connectivity index (χ1v) is 5.96. The molecule has 2 rings (SSSR count). The minimum atomic E-state index is -0.420. The van der Waals surface area contributed by atoms with Crippen LogP contribution in [0, 0.1) is 11.3 Å². The van der Waals surface area contributed by atoms with Gasteiger partial charge < -0.3 is 10.6 Å². The van der Waals surface area contributed by atoms with Crippen molar-refractivity contribution in [2.45, 2.75) is 12.5 Å². The van der Waals surface area contributed by atoms with Crippen molar-refractivity contribution in [3.05, 3.63) is 29.8 Å². The predicted octanol–water partition coefficient (Wildman–Crippen LogP) is -0.221. The van der Waals surface area contributed by atoms with Crippen molar-refractivity contribution in [2.75, 3.05) is 18.4 Å². The normalized spacial score (nSPS) is 18.3. The fraction of sp³-hybridized carbons (Fsp3) is 0.308. The Hall–Kier alpha value is -2.39. The first-order chi connectivity index (χ1) is 9.19. The third-order valence-corrected chi connectivity index (χ3v) is 2.83. The number of carbonyl (C=O) groups excluding carboxylic acids is 2. The summed E-state index contributed by atoms with van der Waals surface area (Å²) in [6.45, 7) is 0.441. The first kappa shape index (κ1) is 13.1. The quantitative estimate of drug-likeness (QED) is 0.698. The van der Waals surface area contributed by atoms with Crippen LogP contribution in [0.1, 0.15) is 5.56 Å². The maximum atomic E-state index is 11.9. The van der Waals surface area contributed by atoms with Gasteiger partial charge in [-0.05, 0) is 17.7 Å². The van der Waals surface area contributed by atoms with Gasteiger partial charge in [-0.3, -0.25) is 14.9 Å². The van der Waals surface area contributed by atoms with Crippen molar-refractivity contribution in [1.29, 1.82) is 5.26 Å². The summed E-state index contributed by atoms with van der Waals surface area (Å²) in [5.74, 6) is -0.294. The summed E-state index contributed by atoms with van der Waals surface area (Å²) < 4.78 is 0. The molecular weight excluding hydrogens is 244 g/mol. The summed E-state index contributed by atoms with van der Waals surface area (Å²) >= 11 is 0. The van der Waals surface area contributed by atoms with Gasteiger partial charge >= 0.3 is 0 Å². The maximum Gasteiger partial charge on any atom is 0.243 e. The highest BCUT2D eigenvalue weighted by atomic mass is 16.2. The number of carbonyl (C=O) groups is 2. The molecule has 0 saturated carbocycles. The number of amides is 2. The van der Waals surface area contributed by atoms with E-state index >= 15 is 0 Å². The number of piperazine rings is 1. The molecule has 0 aromatic heterocycles. The highest BCUT2D eigenvalue weighted by Crippen LogP contribution is 2.10. The molecule has 1 heterocycles. The number of nitrogens with one attached hydrogen (secondary N) is 3. The molecule has 1 aromatic rings. The summed E-state index contributed by atoms with van der Waals surface area (Å²) in [5, 5.41) is 16.8. The van der Waals surface area contributed by atoms with E-state index in [4.69, 9.17) is 5.26 Å². The SMILES string of the molecule is N#CCc1ccc(NC(=O)C2CNC(=O)CN2)cc1. The molecule has 0 radical (unpaired) electrons. The molecule has 1 aliphatic heterocycles. The van der Waals surface area contributed by atoms with E-state index in [0.29, 0.717) is 12.1 Å². The van der Waals surface area contributed by atoms with Crippen LogP contribution in [0.5, 0.6) is 0 Å². The minimum Gasteiger partial charge on any atom is -0.353 e. The van der Waals surface area contributed by atoms with Gasteiger partial charge in [0, 0.05) is 12.2 Å². The number of hydrogen-bond donors (Lipinski definition) is 3. The first-order valence-electron chi connectivity index (χ1n) is 5.96. The molecule has 1 fully saturated rings. The molecular formula is C13H14N4O2. The van der Waals surface area contributed by atoms with E-state index in [0.717, 1.165) is 5.56 Å². The zero-order chi connectivity index (χ0) is 13.7. The van der Waals surface area contributed by atoms with Crippen molar-refractivity contribution < 1.29 is 9.59 Å².